The summed E-state index contributed by atoms with van der Waals surface area (Å²) in [7, 11) is 4.30. The quantitative estimate of drug-likeness (QED) is 0.777. The molecule has 94 valence electrons. The fourth-order valence-electron chi connectivity index (χ4n) is 2.34. The van der Waals surface area contributed by atoms with Crippen molar-refractivity contribution in [2.75, 3.05) is 27.2 Å². The molecule has 0 heterocycles. The van der Waals surface area contributed by atoms with Crippen molar-refractivity contribution < 1.29 is 0 Å². The molecule has 1 fully saturated rings. The summed E-state index contributed by atoms with van der Waals surface area (Å²) >= 11 is 0. The normalized spacial score (nSPS) is 17.4. The molecule has 2 heteroatoms. The van der Waals surface area contributed by atoms with Gasteiger partial charge in [0.15, 0.2) is 0 Å². The molecule has 0 radical (unpaired) electrons. The maximum Gasteiger partial charge on any atom is 0.0329 e. The lowest BCUT2D eigenvalue weighted by Crippen LogP contribution is -2.27. The molecule has 1 aliphatic carbocycles. The molecule has 1 atom stereocenters. The highest BCUT2D eigenvalue weighted by Gasteiger charge is 2.22. The van der Waals surface area contributed by atoms with Gasteiger partial charge in [-0.15, -0.1) is 0 Å². The van der Waals surface area contributed by atoms with Crippen molar-refractivity contribution in [3.63, 3.8) is 0 Å². The van der Waals surface area contributed by atoms with Gasteiger partial charge >= 0.3 is 0 Å². The minimum Gasteiger partial charge on any atom is -0.313 e. The molecule has 1 aromatic rings. The summed E-state index contributed by atoms with van der Waals surface area (Å²) in [5.41, 5.74) is 1.40. The van der Waals surface area contributed by atoms with Crippen molar-refractivity contribution >= 4 is 0 Å². The Labute approximate surface area is 105 Å². The zero-order chi connectivity index (χ0) is 12.1. The van der Waals surface area contributed by atoms with E-state index >= 15 is 0 Å². The molecular formula is C15H24N2. The van der Waals surface area contributed by atoms with Crippen LogP contribution in [0.15, 0.2) is 30.3 Å². The van der Waals surface area contributed by atoms with Crippen LogP contribution in [0, 0.1) is 5.92 Å². The zero-order valence-corrected chi connectivity index (χ0v) is 11.0. The lowest BCUT2D eigenvalue weighted by Gasteiger charge is -2.21. The van der Waals surface area contributed by atoms with Crippen molar-refractivity contribution in [3.8, 4) is 0 Å². The molecule has 2 nitrogen and oxygen atoms in total. The summed E-state index contributed by atoms with van der Waals surface area (Å²) in [5, 5.41) is 3.42. The highest BCUT2D eigenvalue weighted by Crippen LogP contribution is 2.29. The molecule has 1 unspecified atom stereocenters. The van der Waals surface area contributed by atoms with Crippen molar-refractivity contribution in [2.24, 2.45) is 5.92 Å². The Morgan fingerprint density at radius 3 is 2.59 bits per heavy atom. The third-order valence-electron chi connectivity index (χ3n) is 3.62. The first-order valence-corrected chi connectivity index (χ1v) is 6.70. The Balaban J connectivity index is 1.78. The van der Waals surface area contributed by atoms with E-state index in [1.165, 1.54) is 37.9 Å². The number of nitrogens with zero attached hydrogens (tertiary/aromatic N) is 1. The third kappa shape index (κ3) is 4.14. The van der Waals surface area contributed by atoms with Crippen molar-refractivity contribution in [1.29, 1.82) is 0 Å². The Morgan fingerprint density at radius 2 is 2.00 bits per heavy atom. The second-order valence-electron chi connectivity index (χ2n) is 5.25. The van der Waals surface area contributed by atoms with E-state index in [9.17, 15) is 0 Å². The fraction of sp³-hybridized carbons (Fsp3) is 0.600. The first-order valence-electron chi connectivity index (χ1n) is 6.70. The summed E-state index contributed by atoms with van der Waals surface area (Å²) < 4.78 is 0. The standard InChI is InChI=1S/C15H24N2/c1-16-15(14-6-4-3-5-7-14)10-11-17(2)12-13-8-9-13/h3-7,13,15-16H,8-12H2,1-2H3. The molecule has 17 heavy (non-hydrogen) atoms. The highest BCUT2D eigenvalue weighted by molar-refractivity contribution is 5.18. The minimum atomic E-state index is 0.484. The lowest BCUT2D eigenvalue weighted by molar-refractivity contribution is 0.299. The first kappa shape index (κ1) is 12.6. The highest BCUT2D eigenvalue weighted by atomic mass is 15.1. The minimum absolute atomic E-state index is 0.484. The first-order chi connectivity index (χ1) is 8.29. The molecule has 0 aliphatic heterocycles. The van der Waals surface area contributed by atoms with Crippen LogP contribution in [0.3, 0.4) is 0 Å². The topological polar surface area (TPSA) is 15.3 Å². The van der Waals surface area contributed by atoms with Crippen LogP contribution >= 0.6 is 0 Å². The average Bonchev–Trinajstić information content (AvgIpc) is 3.15. The van der Waals surface area contributed by atoms with E-state index in [0.29, 0.717) is 6.04 Å². The van der Waals surface area contributed by atoms with Gasteiger partial charge in [0, 0.05) is 12.6 Å². The van der Waals surface area contributed by atoms with Gasteiger partial charge in [-0.25, -0.2) is 0 Å². The van der Waals surface area contributed by atoms with E-state index in [4.69, 9.17) is 0 Å². The summed E-state index contributed by atoms with van der Waals surface area (Å²) in [6, 6.07) is 11.2. The second-order valence-corrected chi connectivity index (χ2v) is 5.25. The van der Waals surface area contributed by atoms with E-state index in [2.05, 4.69) is 54.6 Å². The van der Waals surface area contributed by atoms with Gasteiger partial charge in [-0.2, -0.15) is 0 Å². The number of nitrogens with one attached hydrogen (secondary N) is 1. The second kappa shape index (κ2) is 6.18. The Bertz CT molecular complexity index is 319. The largest absolute Gasteiger partial charge is 0.313 e. The lowest BCUT2D eigenvalue weighted by atomic mass is 10.0. The number of hydrogen-bond acceptors (Lipinski definition) is 2. The Morgan fingerprint density at radius 1 is 1.29 bits per heavy atom. The van der Waals surface area contributed by atoms with Crippen LogP contribution in [0.1, 0.15) is 30.9 Å². The molecule has 1 aliphatic rings. The molecule has 2 rings (SSSR count). The van der Waals surface area contributed by atoms with Crippen molar-refractivity contribution in [2.45, 2.75) is 25.3 Å². The van der Waals surface area contributed by atoms with Gasteiger partial charge in [-0.05, 0) is 51.4 Å². The van der Waals surface area contributed by atoms with Crippen molar-refractivity contribution in [3.05, 3.63) is 35.9 Å². The van der Waals surface area contributed by atoms with Crippen molar-refractivity contribution in [1.82, 2.24) is 10.2 Å². The molecule has 1 N–H and O–H groups in total. The van der Waals surface area contributed by atoms with Gasteiger partial charge in [0.1, 0.15) is 0 Å². The van der Waals surface area contributed by atoms with E-state index in [0.717, 1.165) is 5.92 Å². The van der Waals surface area contributed by atoms with Crippen LogP contribution in [0.25, 0.3) is 0 Å². The Kier molecular flexibility index (Phi) is 4.57. The zero-order valence-electron chi connectivity index (χ0n) is 11.0. The third-order valence-corrected chi connectivity index (χ3v) is 3.62. The molecule has 0 saturated heterocycles. The average molecular weight is 232 g/mol. The molecule has 1 saturated carbocycles. The van der Waals surface area contributed by atoms with Gasteiger partial charge in [0.25, 0.3) is 0 Å². The molecule has 0 aromatic heterocycles. The van der Waals surface area contributed by atoms with E-state index in [1.807, 2.05) is 0 Å². The van der Waals surface area contributed by atoms with E-state index in [1.54, 1.807) is 0 Å². The smallest absolute Gasteiger partial charge is 0.0329 e. The maximum absolute atomic E-state index is 3.42. The summed E-state index contributed by atoms with van der Waals surface area (Å²) in [6.07, 6.45) is 4.07. The van der Waals surface area contributed by atoms with Crippen LogP contribution in [0.4, 0.5) is 0 Å². The number of rotatable bonds is 7. The summed E-state index contributed by atoms with van der Waals surface area (Å²) in [6.45, 7) is 2.46. The summed E-state index contributed by atoms with van der Waals surface area (Å²) in [4.78, 5) is 2.48. The van der Waals surface area contributed by atoms with E-state index in [-0.39, 0.29) is 0 Å². The van der Waals surface area contributed by atoms with Crippen LogP contribution in [-0.2, 0) is 0 Å². The molecule has 0 amide bonds. The molecule has 0 bridgehead atoms. The SMILES string of the molecule is CNC(CCN(C)CC1CC1)c1ccccc1. The number of hydrogen-bond donors (Lipinski definition) is 1. The fourth-order valence-corrected chi connectivity index (χ4v) is 2.34. The van der Waals surface area contributed by atoms with Gasteiger partial charge in [-0.3, -0.25) is 0 Å². The van der Waals surface area contributed by atoms with Crippen LogP contribution in [0.2, 0.25) is 0 Å². The van der Waals surface area contributed by atoms with Gasteiger partial charge in [0.2, 0.25) is 0 Å². The molecular weight excluding hydrogens is 208 g/mol. The summed E-state index contributed by atoms with van der Waals surface area (Å²) in [5.74, 6) is 0.991. The monoisotopic (exact) mass is 232 g/mol. The molecule has 0 spiro atoms. The van der Waals surface area contributed by atoms with Crippen LogP contribution in [-0.4, -0.2) is 32.1 Å². The Hall–Kier alpha value is -0.860. The molecule has 1 aromatic carbocycles. The van der Waals surface area contributed by atoms with Gasteiger partial charge in [0.05, 0.1) is 0 Å². The maximum atomic E-state index is 3.42. The van der Waals surface area contributed by atoms with Crippen LogP contribution < -0.4 is 5.32 Å². The number of benzene rings is 1. The van der Waals surface area contributed by atoms with E-state index < -0.39 is 0 Å². The predicted molar refractivity (Wildman–Crippen MR) is 73.1 cm³/mol. The van der Waals surface area contributed by atoms with Gasteiger partial charge < -0.3 is 10.2 Å². The van der Waals surface area contributed by atoms with Gasteiger partial charge in [-0.1, -0.05) is 30.3 Å². The van der Waals surface area contributed by atoms with Crippen LogP contribution in [0.5, 0.6) is 0 Å². The predicted octanol–water partition coefficient (Wildman–Crippen LogP) is 2.68.